The third kappa shape index (κ3) is 3.93. The summed E-state index contributed by atoms with van der Waals surface area (Å²) in [7, 11) is -3.01. The maximum atomic E-state index is 11.0. The number of hydrogen-bond acceptors (Lipinski definition) is 4. The van der Waals surface area contributed by atoms with Crippen LogP contribution in [0.5, 0.6) is 0 Å². The Bertz CT molecular complexity index is 429. The van der Waals surface area contributed by atoms with Gasteiger partial charge in [0.2, 0.25) is 0 Å². The molecule has 86 valence electrons. The maximum Gasteiger partial charge on any atom is 0.147 e. The fourth-order valence-corrected chi connectivity index (χ4v) is 2.94. The fraction of sp³-hybridized carbons (Fsp3) is 0.600. The molecule has 0 radical (unpaired) electrons. The van der Waals surface area contributed by atoms with Crippen molar-refractivity contribution in [2.45, 2.75) is 25.9 Å². The summed E-state index contributed by atoms with van der Waals surface area (Å²) in [5.74, 6) is 0.0109. The van der Waals surface area contributed by atoms with Gasteiger partial charge in [0, 0.05) is 16.0 Å². The van der Waals surface area contributed by atoms with Gasteiger partial charge in [-0.2, -0.15) is 0 Å². The van der Waals surface area contributed by atoms with Crippen LogP contribution in [0.3, 0.4) is 0 Å². The normalized spacial score (nSPS) is 16.3. The fourth-order valence-electron chi connectivity index (χ4n) is 1.23. The van der Waals surface area contributed by atoms with Crippen LogP contribution in [-0.2, 0) is 15.4 Å². The third-order valence-corrected chi connectivity index (χ3v) is 4.43. The minimum atomic E-state index is -3.01. The van der Waals surface area contributed by atoms with E-state index in [1.807, 2.05) is 19.1 Å². The Morgan fingerprint density at radius 3 is 2.47 bits per heavy atom. The summed E-state index contributed by atoms with van der Waals surface area (Å²) in [6.45, 7) is 3.62. The van der Waals surface area contributed by atoms with Crippen molar-refractivity contribution >= 4 is 21.2 Å². The average molecular weight is 248 g/mol. The molecule has 15 heavy (non-hydrogen) atoms. The molecule has 0 aliphatic rings. The zero-order chi connectivity index (χ0) is 11.7. The second-order valence-electron chi connectivity index (χ2n) is 4.06. The number of sulfone groups is 1. The summed E-state index contributed by atoms with van der Waals surface area (Å²) in [5.41, 5.74) is -1.04. The summed E-state index contributed by atoms with van der Waals surface area (Å²) >= 11 is 1.50. The highest BCUT2D eigenvalue weighted by atomic mass is 32.2. The predicted molar refractivity (Wildman–Crippen MR) is 63.0 cm³/mol. The standard InChI is InChI=1S/C10H16O3S2/c1-8-4-5-9(14-8)10(2,11)6-7-15(3,12)13/h4-5,11H,6-7H2,1-3H3. The smallest absolute Gasteiger partial charge is 0.147 e. The lowest BCUT2D eigenvalue weighted by molar-refractivity contribution is 0.0577. The molecule has 0 saturated carbocycles. The molecule has 1 rings (SSSR count). The molecule has 0 aliphatic carbocycles. The van der Waals surface area contributed by atoms with Crippen LogP contribution in [-0.4, -0.2) is 25.5 Å². The average Bonchev–Trinajstić information content (AvgIpc) is 2.48. The highest BCUT2D eigenvalue weighted by Gasteiger charge is 2.26. The Kier molecular flexibility index (Phi) is 3.58. The number of aliphatic hydroxyl groups is 1. The predicted octanol–water partition coefficient (Wildman–Crippen LogP) is 1.70. The van der Waals surface area contributed by atoms with Crippen LogP contribution in [0.15, 0.2) is 12.1 Å². The van der Waals surface area contributed by atoms with Crippen molar-refractivity contribution < 1.29 is 13.5 Å². The molecular formula is C10H16O3S2. The van der Waals surface area contributed by atoms with Crippen LogP contribution in [0.2, 0.25) is 0 Å². The van der Waals surface area contributed by atoms with E-state index >= 15 is 0 Å². The van der Waals surface area contributed by atoms with Gasteiger partial charge < -0.3 is 5.11 Å². The van der Waals surface area contributed by atoms with Gasteiger partial charge in [0.25, 0.3) is 0 Å². The first-order valence-electron chi connectivity index (χ1n) is 4.68. The lowest BCUT2D eigenvalue weighted by Gasteiger charge is -2.21. The molecule has 1 atom stereocenters. The Labute approximate surface area is 94.7 Å². The van der Waals surface area contributed by atoms with Gasteiger partial charge >= 0.3 is 0 Å². The molecule has 0 amide bonds. The third-order valence-electron chi connectivity index (χ3n) is 2.23. The Balaban J connectivity index is 2.76. The Hall–Kier alpha value is -0.390. The molecule has 0 bridgehead atoms. The first kappa shape index (κ1) is 12.7. The van der Waals surface area contributed by atoms with E-state index in [4.69, 9.17) is 0 Å². The number of rotatable bonds is 4. The second kappa shape index (κ2) is 4.23. The van der Waals surface area contributed by atoms with Crippen LogP contribution < -0.4 is 0 Å². The van der Waals surface area contributed by atoms with Gasteiger partial charge in [0.1, 0.15) is 9.84 Å². The monoisotopic (exact) mass is 248 g/mol. The molecule has 0 spiro atoms. The molecular weight excluding hydrogens is 232 g/mol. The van der Waals surface area contributed by atoms with Gasteiger partial charge in [-0.05, 0) is 32.4 Å². The summed E-state index contributed by atoms with van der Waals surface area (Å²) in [6.07, 6.45) is 1.43. The molecule has 3 nitrogen and oxygen atoms in total. The van der Waals surface area contributed by atoms with Crippen molar-refractivity contribution in [1.82, 2.24) is 0 Å². The second-order valence-corrected chi connectivity index (χ2v) is 7.61. The molecule has 0 aromatic carbocycles. The van der Waals surface area contributed by atoms with Gasteiger partial charge in [-0.15, -0.1) is 11.3 Å². The number of hydrogen-bond donors (Lipinski definition) is 1. The van der Waals surface area contributed by atoms with Crippen molar-refractivity contribution in [2.75, 3.05) is 12.0 Å². The molecule has 1 N–H and O–H groups in total. The molecule has 1 heterocycles. The van der Waals surface area contributed by atoms with E-state index < -0.39 is 15.4 Å². The number of thiophene rings is 1. The van der Waals surface area contributed by atoms with Crippen LogP contribution >= 0.6 is 11.3 Å². The SMILES string of the molecule is Cc1ccc(C(C)(O)CCS(C)(=O)=O)s1. The van der Waals surface area contributed by atoms with E-state index in [0.717, 1.165) is 9.75 Å². The largest absolute Gasteiger partial charge is 0.385 e. The Morgan fingerprint density at radius 2 is 2.07 bits per heavy atom. The zero-order valence-corrected chi connectivity index (χ0v) is 10.8. The molecule has 0 saturated heterocycles. The van der Waals surface area contributed by atoms with Gasteiger partial charge in [0.15, 0.2) is 0 Å². The van der Waals surface area contributed by atoms with Crippen LogP contribution in [0.4, 0.5) is 0 Å². The van der Waals surface area contributed by atoms with Gasteiger partial charge in [-0.25, -0.2) is 8.42 Å². The first-order chi connectivity index (χ1) is 6.71. The van der Waals surface area contributed by atoms with Gasteiger partial charge in [0.05, 0.1) is 11.4 Å². The molecule has 1 aromatic rings. The maximum absolute atomic E-state index is 11.0. The lowest BCUT2D eigenvalue weighted by Crippen LogP contribution is -2.23. The summed E-state index contributed by atoms with van der Waals surface area (Å²) in [6, 6.07) is 3.77. The lowest BCUT2D eigenvalue weighted by atomic mass is 10.0. The van der Waals surface area contributed by atoms with E-state index in [1.54, 1.807) is 6.92 Å². The molecule has 0 aliphatic heterocycles. The Morgan fingerprint density at radius 1 is 1.47 bits per heavy atom. The zero-order valence-electron chi connectivity index (χ0n) is 9.15. The molecule has 5 heteroatoms. The highest BCUT2D eigenvalue weighted by Crippen LogP contribution is 2.30. The minimum absolute atomic E-state index is 0.0109. The van der Waals surface area contributed by atoms with E-state index in [2.05, 4.69) is 0 Å². The summed E-state index contributed by atoms with van der Waals surface area (Å²) in [5, 5.41) is 10.1. The number of aryl methyl sites for hydroxylation is 1. The molecule has 1 aromatic heterocycles. The summed E-state index contributed by atoms with van der Waals surface area (Å²) in [4.78, 5) is 1.94. The van der Waals surface area contributed by atoms with E-state index in [-0.39, 0.29) is 12.2 Å². The topological polar surface area (TPSA) is 54.4 Å². The van der Waals surface area contributed by atoms with Crippen LogP contribution in [0, 0.1) is 6.92 Å². The van der Waals surface area contributed by atoms with Crippen molar-refractivity contribution in [3.63, 3.8) is 0 Å². The highest BCUT2D eigenvalue weighted by molar-refractivity contribution is 7.90. The first-order valence-corrected chi connectivity index (χ1v) is 7.55. The van der Waals surface area contributed by atoms with Crippen molar-refractivity contribution in [3.8, 4) is 0 Å². The minimum Gasteiger partial charge on any atom is -0.385 e. The van der Waals surface area contributed by atoms with Crippen molar-refractivity contribution in [3.05, 3.63) is 21.9 Å². The van der Waals surface area contributed by atoms with Crippen molar-refractivity contribution in [1.29, 1.82) is 0 Å². The molecule has 1 unspecified atom stereocenters. The van der Waals surface area contributed by atoms with E-state index in [9.17, 15) is 13.5 Å². The van der Waals surface area contributed by atoms with Crippen LogP contribution in [0.25, 0.3) is 0 Å². The summed E-state index contributed by atoms with van der Waals surface area (Å²) < 4.78 is 22.0. The van der Waals surface area contributed by atoms with Crippen LogP contribution in [0.1, 0.15) is 23.1 Å². The van der Waals surface area contributed by atoms with Gasteiger partial charge in [-0.3, -0.25) is 0 Å². The molecule has 0 fully saturated rings. The van der Waals surface area contributed by atoms with Gasteiger partial charge in [-0.1, -0.05) is 0 Å². The van der Waals surface area contributed by atoms with E-state index in [0.29, 0.717) is 0 Å². The van der Waals surface area contributed by atoms with E-state index in [1.165, 1.54) is 17.6 Å². The van der Waals surface area contributed by atoms with Crippen molar-refractivity contribution in [2.24, 2.45) is 0 Å². The quantitative estimate of drug-likeness (QED) is 0.882.